The van der Waals surface area contributed by atoms with Gasteiger partial charge in [-0.3, -0.25) is 0 Å². The third-order valence-corrected chi connectivity index (χ3v) is 2.50. The minimum Gasteiger partial charge on any atom is -0.445 e. The highest BCUT2D eigenvalue weighted by Crippen LogP contribution is 2.03. The van der Waals surface area contributed by atoms with Crippen LogP contribution in [0.25, 0.3) is 0 Å². The predicted octanol–water partition coefficient (Wildman–Crippen LogP) is 1.60. The lowest BCUT2D eigenvalue weighted by Crippen LogP contribution is -2.39. The zero-order chi connectivity index (χ0) is 12.0. The second-order valence-electron chi connectivity index (χ2n) is 3.74. The predicted molar refractivity (Wildman–Crippen MR) is 62.9 cm³/mol. The molecule has 1 rings (SSSR count). The van der Waals surface area contributed by atoms with Gasteiger partial charge in [0.2, 0.25) is 0 Å². The number of benzene rings is 1. The van der Waals surface area contributed by atoms with Gasteiger partial charge < -0.3 is 15.4 Å². The summed E-state index contributed by atoms with van der Waals surface area (Å²) >= 11 is 0. The average Bonchev–Trinajstić information content (AvgIpc) is 2.35. The number of amides is 1. The fourth-order valence-electron chi connectivity index (χ4n) is 1.16. The Morgan fingerprint density at radius 1 is 1.44 bits per heavy atom. The second-order valence-corrected chi connectivity index (χ2v) is 3.74. The summed E-state index contributed by atoms with van der Waals surface area (Å²) in [7, 11) is 1.69. The van der Waals surface area contributed by atoms with Crippen LogP contribution in [0.5, 0.6) is 0 Å². The number of likely N-dealkylation sites (N-methyl/N-ethyl adjacent to an activating group) is 1. The van der Waals surface area contributed by atoms with Crippen LogP contribution in [-0.4, -0.2) is 30.6 Å². The topological polar surface area (TPSA) is 55.6 Å². The molecule has 0 bridgehead atoms. The minimum atomic E-state index is -0.346. The second kappa shape index (κ2) is 6.12. The van der Waals surface area contributed by atoms with E-state index < -0.39 is 0 Å². The number of ether oxygens (including phenoxy) is 1. The van der Waals surface area contributed by atoms with Gasteiger partial charge >= 0.3 is 6.09 Å². The van der Waals surface area contributed by atoms with Crippen LogP contribution in [0.3, 0.4) is 0 Å². The van der Waals surface area contributed by atoms with E-state index in [1.54, 1.807) is 7.05 Å². The highest BCUT2D eigenvalue weighted by molar-refractivity contribution is 5.67. The van der Waals surface area contributed by atoms with E-state index in [1.165, 1.54) is 4.90 Å². The van der Waals surface area contributed by atoms with Crippen molar-refractivity contribution in [2.75, 3.05) is 13.6 Å². The minimum absolute atomic E-state index is 0.0109. The molecule has 0 aliphatic heterocycles. The normalized spacial score (nSPS) is 11.9. The molecule has 0 saturated heterocycles. The van der Waals surface area contributed by atoms with Crippen molar-refractivity contribution in [2.24, 2.45) is 5.73 Å². The Balaban J connectivity index is 2.41. The van der Waals surface area contributed by atoms with Gasteiger partial charge in [0.15, 0.2) is 0 Å². The van der Waals surface area contributed by atoms with Crippen molar-refractivity contribution in [1.82, 2.24) is 4.90 Å². The number of nitrogens with two attached hydrogens (primary N) is 1. The Morgan fingerprint density at radius 2 is 2.06 bits per heavy atom. The first-order chi connectivity index (χ1) is 7.65. The van der Waals surface area contributed by atoms with Gasteiger partial charge in [-0.25, -0.2) is 4.79 Å². The average molecular weight is 222 g/mol. The Morgan fingerprint density at radius 3 is 2.62 bits per heavy atom. The van der Waals surface area contributed by atoms with Crippen LogP contribution in [-0.2, 0) is 11.3 Å². The number of nitrogens with zero attached hydrogens (tertiary/aromatic N) is 1. The van der Waals surface area contributed by atoms with E-state index in [9.17, 15) is 4.79 Å². The first-order valence-electron chi connectivity index (χ1n) is 5.28. The van der Waals surface area contributed by atoms with E-state index in [0.29, 0.717) is 13.2 Å². The molecule has 0 heterocycles. The molecule has 0 radical (unpaired) electrons. The van der Waals surface area contributed by atoms with Crippen molar-refractivity contribution in [1.29, 1.82) is 0 Å². The van der Waals surface area contributed by atoms with Crippen LogP contribution >= 0.6 is 0 Å². The SMILES string of the molecule is C[C@@H](CN)N(C)C(=O)OCc1ccccc1. The van der Waals surface area contributed by atoms with Crippen LogP contribution in [0.2, 0.25) is 0 Å². The Bertz CT molecular complexity index is 327. The van der Waals surface area contributed by atoms with E-state index in [1.807, 2.05) is 37.3 Å². The van der Waals surface area contributed by atoms with Crippen molar-refractivity contribution >= 4 is 6.09 Å². The van der Waals surface area contributed by atoms with E-state index in [-0.39, 0.29) is 12.1 Å². The van der Waals surface area contributed by atoms with Crippen molar-refractivity contribution in [3.63, 3.8) is 0 Å². The summed E-state index contributed by atoms with van der Waals surface area (Å²) in [6.07, 6.45) is -0.346. The quantitative estimate of drug-likeness (QED) is 0.842. The fraction of sp³-hybridized carbons (Fsp3) is 0.417. The molecule has 1 aromatic carbocycles. The Kier molecular flexibility index (Phi) is 4.79. The van der Waals surface area contributed by atoms with Crippen LogP contribution in [0, 0.1) is 0 Å². The molecule has 0 unspecified atom stereocenters. The standard InChI is InChI=1S/C12H18N2O2/c1-10(8-13)14(2)12(15)16-9-11-6-4-3-5-7-11/h3-7,10H,8-9,13H2,1-2H3/t10-/m0/s1. The van der Waals surface area contributed by atoms with Gasteiger partial charge in [-0.2, -0.15) is 0 Å². The van der Waals surface area contributed by atoms with E-state index in [0.717, 1.165) is 5.56 Å². The van der Waals surface area contributed by atoms with Crippen molar-refractivity contribution < 1.29 is 9.53 Å². The maximum atomic E-state index is 11.6. The lowest BCUT2D eigenvalue weighted by atomic mass is 10.2. The Labute approximate surface area is 96.0 Å². The lowest BCUT2D eigenvalue weighted by Gasteiger charge is -2.22. The van der Waals surface area contributed by atoms with Crippen LogP contribution in [0.1, 0.15) is 12.5 Å². The molecule has 0 spiro atoms. The molecular formula is C12H18N2O2. The molecule has 16 heavy (non-hydrogen) atoms. The smallest absolute Gasteiger partial charge is 0.410 e. The van der Waals surface area contributed by atoms with Crippen LogP contribution in [0.4, 0.5) is 4.79 Å². The van der Waals surface area contributed by atoms with Crippen LogP contribution in [0.15, 0.2) is 30.3 Å². The molecule has 0 aliphatic carbocycles. The summed E-state index contributed by atoms with van der Waals surface area (Å²) in [4.78, 5) is 13.1. The summed E-state index contributed by atoms with van der Waals surface area (Å²) in [5, 5.41) is 0. The molecule has 88 valence electrons. The molecule has 0 fully saturated rings. The van der Waals surface area contributed by atoms with Gasteiger partial charge in [0.05, 0.1) is 0 Å². The van der Waals surface area contributed by atoms with E-state index in [4.69, 9.17) is 10.5 Å². The summed E-state index contributed by atoms with van der Waals surface area (Å²) in [6, 6.07) is 9.57. The molecule has 0 aromatic heterocycles. The number of hydrogen-bond acceptors (Lipinski definition) is 3. The largest absolute Gasteiger partial charge is 0.445 e. The summed E-state index contributed by atoms with van der Waals surface area (Å²) in [6.45, 7) is 2.60. The van der Waals surface area contributed by atoms with Crippen molar-refractivity contribution in [3.8, 4) is 0 Å². The first-order valence-corrected chi connectivity index (χ1v) is 5.28. The third kappa shape index (κ3) is 3.55. The Hall–Kier alpha value is -1.55. The molecule has 4 heteroatoms. The van der Waals surface area contributed by atoms with Gasteiger partial charge in [-0.05, 0) is 12.5 Å². The molecule has 0 saturated carbocycles. The maximum Gasteiger partial charge on any atom is 0.410 e. The first kappa shape index (κ1) is 12.5. The summed E-state index contributed by atoms with van der Waals surface area (Å²) < 4.78 is 5.14. The van der Waals surface area contributed by atoms with Crippen molar-refractivity contribution in [2.45, 2.75) is 19.6 Å². The van der Waals surface area contributed by atoms with Gasteiger partial charge in [0, 0.05) is 19.6 Å². The van der Waals surface area contributed by atoms with Gasteiger partial charge in [-0.1, -0.05) is 30.3 Å². The molecule has 1 amide bonds. The zero-order valence-electron chi connectivity index (χ0n) is 9.72. The molecule has 1 atom stereocenters. The fourth-order valence-corrected chi connectivity index (χ4v) is 1.16. The number of carbonyl (C=O) groups is 1. The molecule has 2 N–H and O–H groups in total. The van der Waals surface area contributed by atoms with Gasteiger partial charge in [-0.15, -0.1) is 0 Å². The van der Waals surface area contributed by atoms with Gasteiger partial charge in [0.25, 0.3) is 0 Å². The lowest BCUT2D eigenvalue weighted by molar-refractivity contribution is 0.0946. The third-order valence-electron chi connectivity index (χ3n) is 2.50. The van der Waals surface area contributed by atoms with E-state index >= 15 is 0 Å². The summed E-state index contributed by atoms with van der Waals surface area (Å²) in [5.74, 6) is 0. The molecule has 4 nitrogen and oxygen atoms in total. The zero-order valence-corrected chi connectivity index (χ0v) is 9.72. The van der Waals surface area contributed by atoms with Gasteiger partial charge in [0.1, 0.15) is 6.61 Å². The van der Waals surface area contributed by atoms with Crippen LogP contribution < -0.4 is 5.73 Å². The van der Waals surface area contributed by atoms with E-state index in [2.05, 4.69) is 0 Å². The molecule has 1 aromatic rings. The summed E-state index contributed by atoms with van der Waals surface area (Å²) in [5.41, 5.74) is 6.45. The molecule has 0 aliphatic rings. The number of carbonyl (C=O) groups excluding carboxylic acids is 1. The maximum absolute atomic E-state index is 11.6. The monoisotopic (exact) mass is 222 g/mol. The number of hydrogen-bond donors (Lipinski definition) is 1. The highest BCUT2D eigenvalue weighted by atomic mass is 16.6. The highest BCUT2D eigenvalue weighted by Gasteiger charge is 2.15. The molecular weight excluding hydrogens is 204 g/mol. The van der Waals surface area contributed by atoms with Crippen molar-refractivity contribution in [3.05, 3.63) is 35.9 Å². The number of rotatable bonds is 4.